The lowest BCUT2D eigenvalue weighted by molar-refractivity contribution is 0.419. The Labute approximate surface area is 183 Å². The van der Waals surface area contributed by atoms with E-state index >= 15 is 0 Å². The molecule has 0 atom stereocenters. The highest BCUT2D eigenvalue weighted by atomic mass is 35.5. The van der Waals surface area contributed by atoms with Gasteiger partial charge in [0.2, 0.25) is 0 Å². The molecule has 8 heteroatoms. The molecule has 0 fully saturated rings. The van der Waals surface area contributed by atoms with Crippen LogP contribution in [-0.2, 0) is 6.54 Å². The van der Waals surface area contributed by atoms with Crippen molar-refractivity contribution in [2.45, 2.75) is 6.54 Å². The van der Waals surface area contributed by atoms with Crippen LogP contribution in [0, 0.1) is 17.1 Å². The van der Waals surface area contributed by atoms with Gasteiger partial charge in [0.05, 0.1) is 23.4 Å². The Morgan fingerprint density at radius 2 is 2.03 bits per heavy atom. The number of nitrogens with zero attached hydrogens (tertiary/aromatic N) is 3. The third-order valence-electron chi connectivity index (χ3n) is 4.69. The SMILES string of the molecule is COc1cc(NCc2cccnc2)cc2c(Nc3ccc(F)c(Cl)c3)c(C#N)cnc12. The lowest BCUT2D eigenvalue weighted by atomic mass is 10.1. The predicted octanol–water partition coefficient (Wildman–Crippen LogP) is 5.66. The first-order valence-electron chi connectivity index (χ1n) is 9.34. The minimum Gasteiger partial charge on any atom is -0.494 e. The summed E-state index contributed by atoms with van der Waals surface area (Å²) in [6.07, 6.45) is 4.98. The first kappa shape index (κ1) is 20.4. The van der Waals surface area contributed by atoms with E-state index < -0.39 is 5.82 Å². The number of hydrogen-bond acceptors (Lipinski definition) is 6. The lowest BCUT2D eigenvalue weighted by Crippen LogP contribution is -2.02. The van der Waals surface area contributed by atoms with Gasteiger partial charge in [-0.2, -0.15) is 5.26 Å². The molecule has 2 heterocycles. The van der Waals surface area contributed by atoms with Crippen molar-refractivity contribution in [3.63, 3.8) is 0 Å². The van der Waals surface area contributed by atoms with Gasteiger partial charge in [0.25, 0.3) is 0 Å². The van der Waals surface area contributed by atoms with Crippen molar-refractivity contribution in [2.24, 2.45) is 0 Å². The second-order valence-corrected chi connectivity index (χ2v) is 7.11. The van der Waals surface area contributed by atoms with E-state index in [1.807, 2.05) is 24.3 Å². The summed E-state index contributed by atoms with van der Waals surface area (Å²) in [6.45, 7) is 0.560. The average molecular weight is 434 g/mol. The fraction of sp³-hybridized carbons (Fsp3) is 0.0870. The summed E-state index contributed by atoms with van der Waals surface area (Å²) in [7, 11) is 1.56. The second-order valence-electron chi connectivity index (χ2n) is 6.70. The third kappa shape index (κ3) is 4.34. The number of rotatable bonds is 6. The maximum absolute atomic E-state index is 13.6. The molecule has 0 amide bonds. The summed E-state index contributed by atoms with van der Waals surface area (Å²) in [4.78, 5) is 8.52. The molecule has 6 nitrogen and oxygen atoms in total. The molecule has 4 aromatic rings. The van der Waals surface area contributed by atoms with Crippen LogP contribution >= 0.6 is 11.6 Å². The molecule has 0 radical (unpaired) electrons. The van der Waals surface area contributed by atoms with Crippen molar-refractivity contribution < 1.29 is 9.13 Å². The van der Waals surface area contributed by atoms with Crippen LogP contribution < -0.4 is 15.4 Å². The van der Waals surface area contributed by atoms with Crippen LogP contribution in [0.25, 0.3) is 10.9 Å². The molecule has 154 valence electrons. The highest BCUT2D eigenvalue weighted by Crippen LogP contribution is 2.36. The van der Waals surface area contributed by atoms with Crippen LogP contribution in [-0.4, -0.2) is 17.1 Å². The lowest BCUT2D eigenvalue weighted by Gasteiger charge is -2.16. The molecule has 0 aliphatic heterocycles. The largest absolute Gasteiger partial charge is 0.494 e. The van der Waals surface area contributed by atoms with Gasteiger partial charge in [0, 0.05) is 48.0 Å². The van der Waals surface area contributed by atoms with Crippen LogP contribution in [0.1, 0.15) is 11.1 Å². The first-order chi connectivity index (χ1) is 15.1. The maximum Gasteiger partial charge on any atom is 0.147 e. The van der Waals surface area contributed by atoms with Crippen molar-refractivity contribution in [1.82, 2.24) is 9.97 Å². The number of benzene rings is 2. The zero-order chi connectivity index (χ0) is 21.8. The van der Waals surface area contributed by atoms with Crippen molar-refractivity contribution in [2.75, 3.05) is 17.7 Å². The molecule has 2 aromatic carbocycles. The predicted molar refractivity (Wildman–Crippen MR) is 119 cm³/mol. The molecule has 0 aliphatic rings. The average Bonchev–Trinajstić information content (AvgIpc) is 2.80. The Bertz CT molecular complexity index is 1290. The summed E-state index contributed by atoms with van der Waals surface area (Å²) >= 11 is 5.92. The number of aromatic nitrogens is 2. The van der Waals surface area contributed by atoms with E-state index in [2.05, 4.69) is 26.7 Å². The standard InChI is InChI=1S/C23H17ClFN5O/c1-31-21-9-17(28-12-14-3-2-6-27-11-14)7-18-22(15(10-26)13-29-23(18)21)30-16-4-5-20(25)19(24)8-16/h2-9,11,13,28H,12H2,1H3,(H,29,30). The van der Waals surface area contributed by atoms with Gasteiger partial charge in [-0.25, -0.2) is 4.39 Å². The number of pyridine rings is 2. The first-order valence-corrected chi connectivity index (χ1v) is 9.72. The Morgan fingerprint density at radius 1 is 1.16 bits per heavy atom. The van der Waals surface area contributed by atoms with Gasteiger partial charge in [-0.1, -0.05) is 17.7 Å². The summed E-state index contributed by atoms with van der Waals surface area (Å²) in [5.41, 5.74) is 3.79. The fourth-order valence-corrected chi connectivity index (χ4v) is 3.35. The summed E-state index contributed by atoms with van der Waals surface area (Å²) < 4.78 is 19.1. The van der Waals surface area contributed by atoms with Crippen LogP contribution in [0.3, 0.4) is 0 Å². The van der Waals surface area contributed by atoms with Crippen molar-refractivity contribution in [1.29, 1.82) is 5.26 Å². The van der Waals surface area contributed by atoms with Crippen LogP contribution in [0.4, 0.5) is 21.5 Å². The zero-order valence-electron chi connectivity index (χ0n) is 16.5. The number of nitrogens with one attached hydrogen (secondary N) is 2. The van der Waals surface area contributed by atoms with Gasteiger partial charge in [0.1, 0.15) is 23.2 Å². The Kier molecular flexibility index (Phi) is 5.83. The molecule has 2 N–H and O–H groups in total. The van der Waals surface area contributed by atoms with Crippen molar-refractivity contribution in [3.05, 3.63) is 83.0 Å². The van der Waals surface area contributed by atoms with Crippen LogP contribution in [0.2, 0.25) is 5.02 Å². The minimum absolute atomic E-state index is 0.0155. The summed E-state index contributed by atoms with van der Waals surface area (Å²) in [5.74, 6) is 0.0340. The van der Waals surface area contributed by atoms with E-state index in [1.54, 1.807) is 25.6 Å². The number of fused-ring (bicyclic) bond motifs is 1. The second kappa shape index (κ2) is 8.86. The molecule has 0 saturated heterocycles. The smallest absolute Gasteiger partial charge is 0.147 e. The molecular formula is C23H17ClFN5O. The minimum atomic E-state index is -0.518. The Hall–Kier alpha value is -3.89. The van der Waals surface area contributed by atoms with E-state index in [0.717, 1.165) is 11.3 Å². The molecule has 0 unspecified atom stereocenters. The zero-order valence-corrected chi connectivity index (χ0v) is 17.2. The normalized spacial score (nSPS) is 10.5. The third-order valence-corrected chi connectivity index (χ3v) is 4.97. The number of nitriles is 1. The molecule has 0 aliphatic carbocycles. The van der Waals surface area contributed by atoms with Crippen LogP contribution in [0.15, 0.2) is 61.1 Å². The molecule has 0 spiro atoms. The highest BCUT2D eigenvalue weighted by molar-refractivity contribution is 6.31. The monoisotopic (exact) mass is 433 g/mol. The Morgan fingerprint density at radius 3 is 2.74 bits per heavy atom. The number of hydrogen-bond donors (Lipinski definition) is 2. The van der Waals surface area contributed by atoms with Gasteiger partial charge >= 0.3 is 0 Å². The van der Waals surface area contributed by atoms with Gasteiger partial charge in [0.15, 0.2) is 0 Å². The van der Waals surface area contributed by atoms with E-state index in [4.69, 9.17) is 16.3 Å². The maximum atomic E-state index is 13.6. The van der Waals surface area contributed by atoms with E-state index in [9.17, 15) is 9.65 Å². The number of anilines is 3. The fourth-order valence-electron chi connectivity index (χ4n) is 3.17. The number of methoxy groups -OCH3 is 1. The summed E-state index contributed by atoms with van der Waals surface area (Å²) in [6, 6.07) is 14.0. The van der Waals surface area contributed by atoms with Gasteiger partial charge in [-0.3, -0.25) is 9.97 Å². The van der Waals surface area contributed by atoms with Crippen LogP contribution in [0.5, 0.6) is 5.75 Å². The molecule has 0 saturated carbocycles. The Balaban J connectivity index is 1.79. The van der Waals surface area contributed by atoms with Crippen molar-refractivity contribution >= 4 is 39.6 Å². The highest BCUT2D eigenvalue weighted by Gasteiger charge is 2.15. The molecule has 31 heavy (non-hydrogen) atoms. The topological polar surface area (TPSA) is 82.9 Å². The van der Waals surface area contributed by atoms with Gasteiger partial charge in [-0.05, 0) is 35.9 Å². The number of halogens is 2. The molecule has 4 rings (SSSR count). The van der Waals surface area contributed by atoms with E-state index in [-0.39, 0.29) is 5.02 Å². The van der Waals surface area contributed by atoms with Gasteiger partial charge < -0.3 is 15.4 Å². The van der Waals surface area contributed by atoms with Crippen molar-refractivity contribution in [3.8, 4) is 11.8 Å². The van der Waals surface area contributed by atoms with E-state index in [0.29, 0.717) is 40.1 Å². The summed E-state index contributed by atoms with van der Waals surface area (Å²) in [5, 5.41) is 16.8. The molecular weight excluding hydrogens is 417 g/mol. The molecule has 0 bridgehead atoms. The van der Waals surface area contributed by atoms with Gasteiger partial charge in [-0.15, -0.1) is 0 Å². The number of ether oxygens (including phenoxy) is 1. The molecule has 2 aromatic heterocycles. The quantitative estimate of drug-likeness (QED) is 0.408. The van der Waals surface area contributed by atoms with E-state index in [1.165, 1.54) is 18.3 Å².